The van der Waals surface area contributed by atoms with Crippen LogP contribution in [0.25, 0.3) is 0 Å². The van der Waals surface area contributed by atoms with Gasteiger partial charge in [0.2, 0.25) is 0 Å². The fourth-order valence-corrected chi connectivity index (χ4v) is 4.84. The van der Waals surface area contributed by atoms with Crippen molar-refractivity contribution < 1.29 is 5.11 Å². The smallest absolute Gasteiger partial charge is 0.0962 e. The molecular weight excluding hydrogens is 282 g/mol. The normalized spacial score (nSPS) is 25.0. The Morgan fingerprint density at radius 1 is 1.00 bits per heavy atom. The third kappa shape index (κ3) is 3.80. The van der Waals surface area contributed by atoms with Crippen molar-refractivity contribution in [2.45, 2.75) is 63.9 Å². The van der Waals surface area contributed by atoms with Crippen molar-refractivity contribution in [2.24, 2.45) is 11.8 Å². The Morgan fingerprint density at radius 2 is 1.61 bits per heavy atom. The summed E-state index contributed by atoms with van der Waals surface area (Å²) in [5.74, 6) is 0.699. The monoisotopic (exact) mass is 315 g/mol. The van der Waals surface area contributed by atoms with Gasteiger partial charge in [0.1, 0.15) is 0 Å². The zero-order valence-corrected chi connectivity index (χ0v) is 14.7. The Labute approximate surface area is 141 Å². The molecule has 2 heteroatoms. The average Bonchev–Trinajstić information content (AvgIpc) is 2.63. The molecule has 1 aromatic carbocycles. The first-order chi connectivity index (χ1) is 11.2. The van der Waals surface area contributed by atoms with Crippen LogP contribution in [0.3, 0.4) is 0 Å². The van der Waals surface area contributed by atoms with Crippen molar-refractivity contribution in [1.82, 2.24) is 4.90 Å². The van der Waals surface area contributed by atoms with E-state index in [4.69, 9.17) is 0 Å². The second-order valence-corrected chi connectivity index (χ2v) is 7.79. The third-order valence-electron chi connectivity index (χ3n) is 6.20. The quantitative estimate of drug-likeness (QED) is 0.860. The highest BCUT2D eigenvalue weighted by Gasteiger charge is 2.43. The van der Waals surface area contributed by atoms with Crippen LogP contribution >= 0.6 is 0 Å². The first kappa shape index (κ1) is 17.0. The van der Waals surface area contributed by atoms with Gasteiger partial charge < -0.3 is 10.0 Å². The highest BCUT2D eigenvalue weighted by atomic mass is 16.3. The van der Waals surface area contributed by atoms with Crippen LogP contribution in [0.15, 0.2) is 30.3 Å². The van der Waals surface area contributed by atoms with Gasteiger partial charge in [0.05, 0.1) is 5.60 Å². The van der Waals surface area contributed by atoms with Gasteiger partial charge in [-0.3, -0.25) is 0 Å². The standard InChI is InChI=1S/C21H33NO/c1-18(17-22-15-9-4-10-16-22)21(23,19-11-5-2-6-12-19)20-13-7-3-8-14-20/h2,5-6,11-12,18,20,23H,3-4,7-10,13-17H2,1H3. The lowest BCUT2D eigenvalue weighted by atomic mass is 9.67. The molecule has 0 aromatic heterocycles. The Morgan fingerprint density at radius 3 is 2.26 bits per heavy atom. The van der Waals surface area contributed by atoms with E-state index in [1.54, 1.807) is 0 Å². The maximum Gasteiger partial charge on any atom is 0.0962 e. The molecule has 0 amide bonds. The van der Waals surface area contributed by atoms with Gasteiger partial charge in [-0.2, -0.15) is 0 Å². The first-order valence-electron chi connectivity index (χ1n) is 9.71. The number of nitrogens with zero attached hydrogens (tertiary/aromatic N) is 1. The molecule has 2 nitrogen and oxygen atoms in total. The summed E-state index contributed by atoms with van der Waals surface area (Å²) >= 11 is 0. The zero-order chi connectivity index (χ0) is 16.1. The number of rotatable bonds is 5. The second-order valence-electron chi connectivity index (χ2n) is 7.79. The molecule has 1 aliphatic heterocycles. The molecule has 2 aliphatic rings. The first-order valence-corrected chi connectivity index (χ1v) is 9.71. The number of likely N-dealkylation sites (tertiary alicyclic amines) is 1. The fourth-order valence-electron chi connectivity index (χ4n) is 4.84. The van der Waals surface area contributed by atoms with E-state index in [2.05, 4.69) is 42.2 Å². The molecule has 2 fully saturated rings. The van der Waals surface area contributed by atoms with Crippen molar-refractivity contribution >= 4 is 0 Å². The van der Waals surface area contributed by atoms with Gasteiger partial charge in [0.25, 0.3) is 0 Å². The van der Waals surface area contributed by atoms with Gasteiger partial charge in [-0.25, -0.2) is 0 Å². The Balaban J connectivity index is 1.81. The van der Waals surface area contributed by atoms with Crippen LogP contribution in [0.5, 0.6) is 0 Å². The average molecular weight is 316 g/mol. The molecule has 1 aromatic rings. The largest absolute Gasteiger partial charge is 0.385 e. The Bertz CT molecular complexity index is 462. The molecule has 0 bridgehead atoms. The predicted octanol–water partition coefficient (Wildman–Crippen LogP) is 4.58. The summed E-state index contributed by atoms with van der Waals surface area (Å²) in [4.78, 5) is 2.57. The van der Waals surface area contributed by atoms with E-state index in [0.29, 0.717) is 5.92 Å². The van der Waals surface area contributed by atoms with E-state index < -0.39 is 5.60 Å². The van der Waals surface area contributed by atoms with Crippen LogP contribution in [-0.2, 0) is 5.60 Å². The molecule has 2 unspecified atom stereocenters. The fraction of sp³-hybridized carbons (Fsp3) is 0.714. The van der Waals surface area contributed by atoms with E-state index in [1.807, 2.05) is 0 Å². The van der Waals surface area contributed by atoms with Crippen molar-refractivity contribution in [1.29, 1.82) is 0 Å². The van der Waals surface area contributed by atoms with E-state index >= 15 is 0 Å². The van der Waals surface area contributed by atoms with Crippen molar-refractivity contribution in [3.63, 3.8) is 0 Å². The predicted molar refractivity (Wildman–Crippen MR) is 96.4 cm³/mol. The second kappa shape index (κ2) is 7.81. The van der Waals surface area contributed by atoms with Gasteiger partial charge >= 0.3 is 0 Å². The van der Waals surface area contributed by atoms with Crippen LogP contribution in [-0.4, -0.2) is 29.6 Å². The molecule has 23 heavy (non-hydrogen) atoms. The van der Waals surface area contributed by atoms with E-state index in [0.717, 1.165) is 12.1 Å². The Kier molecular flexibility index (Phi) is 5.76. The number of piperidine rings is 1. The third-order valence-corrected chi connectivity index (χ3v) is 6.20. The van der Waals surface area contributed by atoms with Crippen LogP contribution < -0.4 is 0 Å². The summed E-state index contributed by atoms with van der Waals surface area (Å²) in [7, 11) is 0. The van der Waals surface area contributed by atoms with Crippen LogP contribution in [0.2, 0.25) is 0 Å². The minimum atomic E-state index is -0.668. The summed E-state index contributed by atoms with van der Waals surface area (Å²) in [6.07, 6.45) is 10.2. The maximum atomic E-state index is 11.9. The number of hydrogen-bond acceptors (Lipinski definition) is 2. The van der Waals surface area contributed by atoms with Gasteiger partial charge in [-0.15, -0.1) is 0 Å². The van der Waals surface area contributed by atoms with E-state index in [9.17, 15) is 5.11 Å². The molecule has 1 N–H and O–H groups in total. The molecule has 1 saturated heterocycles. The lowest BCUT2D eigenvalue weighted by molar-refractivity contribution is -0.0917. The number of aliphatic hydroxyl groups is 1. The lowest BCUT2D eigenvalue weighted by Crippen LogP contribution is -2.47. The highest BCUT2D eigenvalue weighted by molar-refractivity contribution is 5.24. The number of benzene rings is 1. The molecule has 1 aliphatic carbocycles. The van der Waals surface area contributed by atoms with Crippen molar-refractivity contribution in [3.8, 4) is 0 Å². The SMILES string of the molecule is CC(CN1CCCCC1)C(O)(c1ccccc1)C1CCCCC1. The lowest BCUT2D eigenvalue weighted by Gasteiger charge is -2.45. The Hall–Kier alpha value is -0.860. The van der Waals surface area contributed by atoms with Crippen LogP contribution in [0, 0.1) is 11.8 Å². The van der Waals surface area contributed by atoms with Crippen LogP contribution in [0.4, 0.5) is 0 Å². The molecule has 128 valence electrons. The minimum absolute atomic E-state index is 0.283. The van der Waals surface area contributed by atoms with Crippen molar-refractivity contribution in [2.75, 3.05) is 19.6 Å². The molecule has 2 atom stereocenters. The van der Waals surface area contributed by atoms with Gasteiger partial charge in [-0.05, 0) is 50.3 Å². The van der Waals surface area contributed by atoms with Gasteiger partial charge in [0, 0.05) is 12.5 Å². The molecule has 0 spiro atoms. The van der Waals surface area contributed by atoms with E-state index in [-0.39, 0.29) is 5.92 Å². The summed E-state index contributed by atoms with van der Waals surface area (Å²) in [6.45, 7) is 5.72. The maximum absolute atomic E-state index is 11.9. The minimum Gasteiger partial charge on any atom is -0.385 e. The molecular formula is C21H33NO. The summed E-state index contributed by atoms with van der Waals surface area (Å²) in [6, 6.07) is 10.5. The molecule has 1 saturated carbocycles. The molecule has 1 heterocycles. The van der Waals surface area contributed by atoms with Gasteiger partial charge in [-0.1, -0.05) is 62.9 Å². The van der Waals surface area contributed by atoms with Crippen molar-refractivity contribution in [3.05, 3.63) is 35.9 Å². The highest BCUT2D eigenvalue weighted by Crippen LogP contribution is 2.44. The zero-order valence-electron chi connectivity index (χ0n) is 14.7. The molecule has 0 radical (unpaired) electrons. The van der Waals surface area contributed by atoms with Gasteiger partial charge in [0.15, 0.2) is 0 Å². The van der Waals surface area contributed by atoms with E-state index in [1.165, 1.54) is 64.5 Å². The summed E-state index contributed by atoms with van der Waals surface area (Å²) in [5.41, 5.74) is 0.468. The van der Waals surface area contributed by atoms with Crippen LogP contribution in [0.1, 0.15) is 63.9 Å². The molecule has 3 rings (SSSR count). The summed E-state index contributed by atoms with van der Waals surface area (Å²) < 4.78 is 0. The summed E-state index contributed by atoms with van der Waals surface area (Å²) in [5, 5.41) is 11.9. The number of hydrogen-bond donors (Lipinski definition) is 1. The topological polar surface area (TPSA) is 23.5 Å².